The molecule has 2 aliphatic rings. The fourth-order valence-electron chi connectivity index (χ4n) is 4.80. The van der Waals surface area contributed by atoms with Gasteiger partial charge in [0.15, 0.2) is 0 Å². The SMILES string of the molecule is O=C(CSc1nnc(-c2ccccn2)o1)Nc1ccccc1N1CCN(C2CCCCC2)CC1. The normalized spacial score (nSPS) is 17.6. The van der Waals surface area contributed by atoms with Crippen LogP contribution < -0.4 is 10.2 Å². The number of nitrogens with zero attached hydrogens (tertiary/aromatic N) is 5. The number of amides is 1. The minimum Gasteiger partial charge on any atom is -0.410 e. The van der Waals surface area contributed by atoms with Gasteiger partial charge in [-0.2, -0.15) is 0 Å². The lowest BCUT2D eigenvalue weighted by Gasteiger charge is -2.42. The van der Waals surface area contributed by atoms with Gasteiger partial charge in [-0.25, -0.2) is 0 Å². The van der Waals surface area contributed by atoms with Crippen LogP contribution in [0.1, 0.15) is 32.1 Å². The van der Waals surface area contributed by atoms with Crippen LogP contribution in [-0.4, -0.2) is 64.0 Å². The zero-order valence-electron chi connectivity index (χ0n) is 19.2. The van der Waals surface area contributed by atoms with E-state index in [0.717, 1.165) is 43.6 Å². The second-order valence-electron chi connectivity index (χ2n) is 8.76. The number of piperazine rings is 1. The number of hydrogen-bond donors (Lipinski definition) is 1. The number of para-hydroxylation sites is 2. The summed E-state index contributed by atoms with van der Waals surface area (Å²) in [6.07, 6.45) is 8.48. The lowest BCUT2D eigenvalue weighted by molar-refractivity contribution is -0.113. The average molecular weight is 479 g/mol. The van der Waals surface area contributed by atoms with Crippen molar-refractivity contribution in [3.63, 3.8) is 0 Å². The molecule has 0 spiro atoms. The first-order chi connectivity index (χ1) is 16.8. The topological polar surface area (TPSA) is 87.4 Å². The summed E-state index contributed by atoms with van der Waals surface area (Å²) in [5.74, 6) is 0.435. The van der Waals surface area contributed by atoms with E-state index < -0.39 is 0 Å². The molecule has 1 aliphatic carbocycles. The molecule has 34 heavy (non-hydrogen) atoms. The second-order valence-corrected chi connectivity index (χ2v) is 9.68. The van der Waals surface area contributed by atoms with E-state index in [4.69, 9.17) is 4.42 Å². The molecule has 2 aromatic heterocycles. The summed E-state index contributed by atoms with van der Waals surface area (Å²) in [4.78, 5) is 22.0. The lowest BCUT2D eigenvalue weighted by Crippen LogP contribution is -2.51. The Bertz CT molecular complexity index is 1080. The van der Waals surface area contributed by atoms with Crippen molar-refractivity contribution in [2.24, 2.45) is 0 Å². The number of hydrogen-bond acceptors (Lipinski definition) is 8. The molecule has 1 aliphatic heterocycles. The highest BCUT2D eigenvalue weighted by atomic mass is 32.2. The van der Waals surface area contributed by atoms with Crippen LogP contribution in [0.5, 0.6) is 0 Å². The van der Waals surface area contributed by atoms with Gasteiger partial charge in [-0.3, -0.25) is 14.7 Å². The van der Waals surface area contributed by atoms with Gasteiger partial charge in [0.2, 0.25) is 5.91 Å². The van der Waals surface area contributed by atoms with Gasteiger partial charge in [0.1, 0.15) is 5.69 Å². The molecular weight excluding hydrogens is 448 g/mol. The number of carbonyl (C=O) groups is 1. The van der Waals surface area contributed by atoms with Crippen molar-refractivity contribution in [2.75, 3.05) is 42.1 Å². The van der Waals surface area contributed by atoms with E-state index in [2.05, 4.69) is 36.4 Å². The van der Waals surface area contributed by atoms with Crippen molar-refractivity contribution in [1.29, 1.82) is 0 Å². The third-order valence-corrected chi connectivity index (χ3v) is 7.36. The molecule has 1 aromatic carbocycles. The molecule has 0 bridgehead atoms. The van der Waals surface area contributed by atoms with Gasteiger partial charge in [0, 0.05) is 38.4 Å². The molecule has 1 N–H and O–H groups in total. The zero-order chi connectivity index (χ0) is 23.2. The first kappa shape index (κ1) is 22.9. The monoisotopic (exact) mass is 478 g/mol. The lowest BCUT2D eigenvalue weighted by atomic mass is 9.94. The van der Waals surface area contributed by atoms with E-state index in [1.54, 1.807) is 12.3 Å². The molecule has 5 rings (SSSR count). The smallest absolute Gasteiger partial charge is 0.277 e. The molecule has 0 radical (unpaired) electrons. The van der Waals surface area contributed by atoms with E-state index in [1.807, 2.05) is 30.3 Å². The van der Waals surface area contributed by atoms with Gasteiger partial charge in [0.05, 0.1) is 17.1 Å². The van der Waals surface area contributed by atoms with Crippen LogP contribution in [0.25, 0.3) is 11.6 Å². The van der Waals surface area contributed by atoms with Crippen molar-refractivity contribution in [2.45, 2.75) is 43.4 Å². The number of nitrogens with one attached hydrogen (secondary N) is 1. The number of carbonyl (C=O) groups excluding carboxylic acids is 1. The Hall–Kier alpha value is -2.91. The number of thioether (sulfide) groups is 1. The molecule has 0 unspecified atom stereocenters. The highest BCUT2D eigenvalue weighted by molar-refractivity contribution is 7.99. The van der Waals surface area contributed by atoms with Crippen LogP contribution in [0.15, 0.2) is 58.3 Å². The van der Waals surface area contributed by atoms with Gasteiger partial charge in [0.25, 0.3) is 11.1 Å². The van der Waals surface area contributed by atoms with Crippen LogP contribution in [0, 0.1) is 0 Å². The number of benzene rings is 1. The van der Waals surface area contributed by atoms with Gasteiger partial charge in [-0.1, -0.05) is 49.2 Å². The zero-order valence-corrected chi connectivity index (χ0v) is 20.0. The molecular formula is C25H30N6O2S. The Morgan fingerprint density at radius 3 is 2.59 bits per heavy atom. The maximum atomic E-state index is 12.7. The maximum absolute atomic E-state index is 12.7. The maximum Gasteiger partial charge on any atom is 0.277 e. The Labute approximate surface area is 204 Å². The number of aromatic nitrogens is 3. The average Bonchev–Trinajstić information content (AvgIpc) is 3.38. The fourth-order valence-corrected chi connectivity index (χ4v) is 5.37. The van der Waals surface area contributed by atoms with Gasteiger partial charge in [-0.05, 0) is 37.1 Å². The standard InChI is InChI=1S/C25H30N6O2S/c32-23(18-34-25-29-28-24(33-25)21-11-6-7-13-26-21)27-20-10-4-5-12-22(20)31-16-14-30(15-17-31)19-8-2-1-3-9-19/h4-7,10-13,19H,1-3,8-9,14-18H2,(H,27,32). The third-order valence-electron chi connectivity index (χ3n) is 6.54. The minimum atomic E-state index is -0.101. The van der Waals surface area contributed by atoms with E-state index in [9.17, 15) is 4.79 Å². The van der Waals surface area contributed by atoms with Crippen LogP contribution in [0.4, 0.5) is 11.4 Å². The first-order valence-corrected chi connectivity index (χ1v) is 13.0. The molecule has 3 heterocycles. The Balaban J connectivity index is 1.15. The van der Waals surface area contributed by atoms with E-state index in [-0.39, 0.29) is 11.7 Å². The summed E-state index contributed by atoms with van der Waals surface area (Å²) in [5, 5.41) is 11.5. The van der Waals surface area contributed by atoms with Gasteiger partial charge < -0.3 is 14.6 Å². The number of anilines is 2. The largest absolute Gasteiger partial charge is 0.410 e. The molecule has 0 atom stereocenters. The highest BCUT2D eigenvalue weighted by Crippen LogP contribution is 2.29. The molecule has 2 fully saturated rings. The Kier molecular flexibility index (Phi) is 7.40. The molecule has 3 aromatic rings. The van der Waals surface area contributed by atoms with Crippen molar-refractivity contribution in [1.82, 2.24) is 20.1 Å². The quantitative estimate of drug-likeness (QED) is 0.503. The summed E-state index contributed by atoms with van der Waals surface area (Å²) in [6.45, 7) is 4.13. The van der Waals surface area contributed by atoms with Gasteiger partial charge >= 0.3 is 0 Å². The van der Waals surface area contributed by atoms with Crippen molar-refractivity contribution in [3.05, 3.63) is 48.7 Å². The first-order valence-electron chi connectivity index (χ1n) is 12.0. The van der Waals surface area contributed by atoms with Crippen molar-refractivity contribution < 1.29 is 9.21 Å². The molecule has 8 nitrogen and oxygen atoms in total. The summed E-state index contributed by atoms with van der Waals surface area (Å²) >= 11 is 1.22. The molecule has 1 saturated carbocycles. The van der Waals surface area contributed by atoms with Crippen molar-refractivity contribution in [3.8, 4) is 11.6 Å². The molecule has 9 heteroatoms. The summed E-state index contributed by atoms with van der Waals surface area (Å²) in [7, 11) is 0. The van der Waals surface area contributed by atoms with E-state index >= 15 is 0 Å². The van der Waals surface area contributed by atoms with Crippen LogP contribution in [0.3, 0.4) is 0 Å². The number of pyridine rings is 1. The van der Waals surface area contributed by atoms with E-state index in [1.165, 1.54) is 43.9 Å². The summed E-state index contributed by atoms with van der Waals surface area (Å²) in [5.41, 5.74) is 2.54. The summed E-state index contributed by atoms with van der Waals surface area (Å²) in [6, 6.07) is 14.3. The van der Waals surface area contributed by atoms with Gasteiger partial charge in [-0.15, -0.1) is 10.2 Å². The van der Waals surface area contributed by atoms with Crippen LogP contribution in [-0.2, 0) is 4.79 Å². The van der Waals surface area contributed by atoms with E-state index in [0.29, 0.717) is 16.8 Å². The predicted molar refractivity (Wildman–Crippen MR) is 134 cm³/mol. The molecule has 1 saturated heterocycles. The predicted octanol–water partition coefficient (Wildman–Crippen LogP) is 4.32. The minimum absolute atomic E-state index is 0.101. The van der Waals surface area contributed by atoms with Crippen molar-refractivity contribution >= 4 is 29.0 Å². The molecule has 178 valence electrons. The summed E-state index contributed by atoms with van der Waals surface area (Å²) < 4.78 is 5.63. The number of rotatable bonds is 7. The fraction of sp³-hybridized carbons (Fsp3) is 0.440. The second kappa shape index (κ2) is 11.0. The van der Waals surface area contributed by atoms with Crippen LogP contribution >= 0.6 is 11.8 Å². The van der Waals surface area contributed by atoms with Crippen LogP contribution in [0.2, 0.25) is 0 Å². The Morgan fingerprint density at radius 1 is 1.00 bits per heavy atom. The third kappa shape index (κ3) is 5.59. The Morgan fingerprint density at radius 2 is 1.79 bits per heavy atom. The molecule has 1 amide bonds. The highest BCUT2D eigenvalue weighted by Gasteiger charge is 2.26.